The third-order valence-electron chi connectivity index (χ3n) is 3.65. The van der Waals surface area contributed by atoms with Gasteiger partial charge in [-0.15, -0.1) is 0 Å². The summed E-state index contributed by atoms with van der Waals surface area (Å²) in [5, 5.41) is 3.53. The highest BCUT2D eigenvalue weighted by molar-refractivity contribution is 5.39. The molecule has 1 aliphatic carbocycles. The number of ether oxygens (including phenoxy) is 1. The Labute approximate surface area is 120 Å². The average molecular weight is 267 g/mol. The summed E-state index contributed by atoms with van der Waals surface area (Å²) in [5.41, 5.74) is 2.53. The molecule has 0 unspecified atom stereocenters. The van der Waals surface area contributed by atoms with Gasteiger partial charge < -0.3 is 10.1 Å². The van der Waals surface area contributed by atoms with Crippen molar-refractivity contribution in [1.82, 2.24) is 5.32 Å². The van der Waals surface area contributed by atoms with Gasteiger partial charge in [0, 0.05) is 12.6 Å². The van der Waals surface area contributed by atoms with Gasteiger partial charge in [0.2, 0.25) is 0 Å². The van der Waals surface area contributed by atoms with Gasteiger partial charge in [0.25, 0.3) is 0 Å². The van der Waals surface area contributed by atoms with E-state index in [2.05, 4.69) is 42.6 Å². The molecule has 2 aromatic carbocycles. The van der Waals surface area contributed by atoms with E-state index in [0.29, 0.717) is 0 Å². The Morgan fingerprint density at radius 3 is 2.75 bits per heavy atom. The molecule has 3 rings (SSSR count). The molecule has 2 heteroatoms. The Hall–Kier alpha value is -1.80. The minimum Gasteiger partial charge on any atom is -0.457 e. The van der Waals surface area contributed by atoms with Crippen molar-refractivity contribution in [2.24, 2.45) is 0 Å². The van der Waals surface area contributed by atoms with Crippen molar-refractivity contribution >= 4 is 0 Å². The molecule has 0 spiro atoms. The van der Waals surface area contributed by atoms with Gasteiger partial charge in [0.15, 0.2) is 0 Å². The predicted molar refractivity (Wildman–Crippen MR) is 82.2 cm³/mol. The third-order valence-corrected chi connectivity index (χ3v) is 3.65. The van der Waals surface area contributed by atoms with Crippen LogP contribution < -0.4 is 10.1 Å². The lowest BCUT2D eigenvalue weighted by molar-refractivity contribution is 0.475. The van der Waals surface area contributed by atoms with Crippen LogP contribution in [0.2, 0.25) is 0 Å². The minimum absolute atomic E-state index is 0.736. The van der Waals surface area contributed by atoms with Crippen LogP contribution in [0.3, 0.4) is 0 Å². The fourth-order valence-electron chi connectivity index (χ4n) is 2.29. The summed E-state index contributed by atoms with van der Waals surface area (Å²) in [4.78, 5) is 0. The zero-order valence-electron chi connectivity index (χ0n) is 11.9. The standard InChI is InChI=1S/C18H21NO/c1-2-15-7-3-4-9-18(15)20-17-8-5-6-14(12-17)13-19-16-10-11-16/h3-9,12,16,19H,2,10-11,13H2,1H3. The molecule has 1 fully saturated rings. The summed E-state index contributed by atoms with van der Waals surface area (Å²) in [7, 11) is 0. The first-order valence-corrected chi connectivity index (χ1v) is 7.43. The van der Waals surface area contributed by atoms with E-state index in [1.807, 2.05) is 18.2 Å². The Morgan fingerprint density at radius 2 is 1.95 bits per heavy atom. The molecule has 0 aromatic heterocycles. The highest BCUT2D eigenvalue weighted by atomic mass is 16.5. The number of nitrogens with one attached hydrogen (secondary N) is 1. The first-order chi connectivity index (χ1) is 9.85. The minimum atomic E-state index is 0.736. The summed E-state index contributed by atoms with van der Waals surface area (Å²) in [5.74, 6) is 1.88. The van der Waals surface area contributed by atoms with E-state index in [9.17, 15) is 0 Å². The summed E-state index contributed by atoms with van der Waals surface area (Å²) in [6.45, 7) is 3.08. The van der Waals surface area contributed by atoms with Crippen LogP contribution in [0.15, 0.2) is 48.5 Å². The molecule has 0 radical (unpaired) electrons. The molecule has 0 amide bonds. The van der Waals surface area contributed by atoms with Crippen LogP contribution in [-0.4, -0.2) is 6.04 Å². The van der Waals surface area contributed by atoms with E-state index in [0.717, 1.165) is 30.5 Å². The molecule has 1 N–H and O–H groups in total. The van der Waals surface area contributed by atoms with E-state index in [1.54, 1.807) is 0 Å². The van der Waals surface area contributed by atoms with Gasteiger partial charge in [-0.05, 0) is 48.6 Å². The molecule has 0 atom stereocenters. The summed E-state index contributed by atoms with van der Waals surface area (Å²) < 4.78 is 6.04. The molecule has 0 aliphatic heterocycles. The SMILES string of the molecule is CCc1ccccc1Oc1cccc(CNC2CC2)c1. The van der Waals surface area contributed by atoms with Crippen molar-refractivity contribution in [1.29, 1.82) is 0 Å². The fourth-order valence-corrected chi connectivity index (χ4v) is 2.29. The summed E-state index contributed by atoms with van der Waals surface area (Å²) in [6, 6.07) is 17.3. The number of hydrogen-bond acceptors (Lipinski definition) is 2. The van der Waals surface area contributed by atoms with Crippen molar-refractivity contribution in [2.45, 2.75) is 38.8 Å². The van der Waals surface area contributed by atoms with Crippen molar-refractivity contribution in [2.75, 3.05) is 0 Å². The molecule has 1 aliphatic rings. The van der Waals surface area contributed by atoms with E-state index >= 15 is 0 Å². The fraction of sp³-hybridized carbons (Fsp3) is 0.333. The summed E-state index contributed by atoms with van der Waals surface area (Å²) in [6.07, 6.45) is 3.62. The lowest BCUT2D eigenvalue weighted by Crippen LogP contribution is -2.15. The lowest BCUT2D eigenvalue weighted by Gasteiger charge is -2.11. The van der Waals surface area contributed by atoms with Crippen LogP contribution in [0.1, 0.15) is 30.9 Å². The normalized spacial score (nSPS) is 14.2. The molecule has 0 bridgehead atoms. The Balaban J connectivity index is 1.71. The molecular formula is C18H21NO. The Bertz CT molecular complexity index is 575. The smallest absolute Gasteiger partial charge is 0.130 e. The lowest BCUT2D eigenvalue weighted by atomic mass is 10.1. The second-order valence-electron chi connectivity index (χ2n) is 5.37. The molecular weight excluding hydrogens is 246 g/mol. The zero-order valence-corrected chi connectivity index (χ0v) is 11.9. The van der Waals surface area contributed by atoms with Crippen molar-refractivity contribution < 1.29 is 4.74 Å². The van der Waals surface area contributed by atoms with Crippen LogP contribution in [0.4, 0.5) is 0 Å². The zero-order chi connectivity index (χ0) is 13.8. The highest BCUT2D eigenvalue weighted by Crippen LogP contribution is 2.26. The molecule has 104 valence electrons. The van der Waals surface area contributed by atoms with Crippen molar-refractivity contribution in [3.05, 3.63) is 59.7 Å². The van der Waals surface area contributed by atoms with Crippen molar-refractivity contribution in [3.8, 4) is 11.5 Å². The summed E-state index contributed by atoms with van der Waals surface area (Å²) >= 11 is 0. The topological polar surface area (TPSA) is 21.3 Å². The second-order valence-corrected chi connectivity index (χ2v) is 5.37. The van der Waals surface area contributed by atoms with Crippen LogP contribution in [-0.2, 0) is 13.0 Å². The van der Waals surface area contributed by atoms with Gasteiger partial charge in [-0.1, -0.05) is 37.3 Å². The first kappa shape index (κ1) is 13.2. The molecule has 0 heterocycles. The number of para-hydroxylation sites is 1. The Kier molecular flexibility index (Phi) is 4.03. The molecule has 0 saturated heterocycles. The van der Waals surface area contributed by atoms with Crippen LogP contribution in [0.25, 0.3) is 0 Å². The van der Waals surface area contributed by atoms with E-state index < -0.39 is 0 Å². The maximum Gasteiger partial charge on any atom is 0.130 e. The van der Waals surface area contributed by atoms with Crippen LogP contribution >= 0.6 is 0 Å². The number of benzene rings is 2. The molecule has 2 nitrogen and oxygen atoms in total. The van der Waals surface area contributed by atoms with Gasteiger partial charge in [-0.25, -0.2) is 0 Å². The molecule has 1 saturated carbocycles. The number of rotatable bonds is 6. The number of aryl methyl sites for hydroxylation is 1. The van der Waals surface area contributed by atoms with E-state index in [-0.39, 0.29) is 0 Å². The monoisotopic (exact) mass is 267 g/mol. The van der Waals surface area contributed by atoms with Gasteiger partial charge >= 0.3 is 0 Å². The van der Waals surface area contributed by atoms with Gasteiger partial charge in [0.05, 0.1) is 0 Å². The maximum absolute atomic E-state index is 6.04. The van der Waals surface area contributed by atoms with Crippen molar-refractivity contribution in [3.63, 3.8) is 0 Å². The highest BCUT2D eigenvalue weighted by Gasteiger charge is 2.19. The quantitative estimate of drug-likeness (QED) is 0.843. The molecule has 20 heavy (non-hydrogen) atoms. The molecule has 2 aromatic rings. The maximum atomic E-state index is 6.04. The van der Waals surface area contributed by atoms with Crippen LogP contribution in [0.5, 0.6) is 11.5 Å². The second kappa shape index (κ2) is 6.10. The first-order valence-electron chi connectivity index (χ1n) is 7.43. The van der Waals surface area contributed by atoms with Gasteiger partial charge in [-0.3, -0.25) is 0 Å². The Morgan fingerprint density at radius 1 is 1.10 bits per heavy atom. The average Bonchev–Trinajstić information content (AvgIpc) is 3.30. The van der Waals surface area contributed by atoms with E-state index in [1.165, 1.54) is 24.0 Å². The van der Waals surface area contributed by atoms with Crippen LogP contribution in [0, 0.1) is 0 Å². The van der Waals surface area contributed by atoms with E-state index in [4.69, 9.17) is 4.74 Å². The third kappa shape index (κ3) is 3.40. The van der Waals surface area contributed by atoms with Gasteiger partial charge in [0.1, 0.15) is 11.5 Å². The largest absolute Gasteiger partial charge is 0.457 e. The predicted octanol–water partition coefficient (Wildman–Crippen LogP) is 4.29. The number of hydrogen-bond donors (Lipinski definition) is 1. The van der Waals surface area contributed by atoms with Gasteiger partial charge in [-0.2, -0.15) is 0 Å².